The van der Waals surface area contributed by atoms with E-state index in [1.54, 1.807) is 23.1 Å². The SMILES string of the molecule is Cc1cccc(C)c1NC(=O)N1CCC[C@@H]1c1nc2cc(-c3ccc(F)cc3F)ccc2o1. The van der Waals surface area contributed by atoms with Gasteiger partial charge in [-0.2, -0.15) is 0 Å². The Balaban J connectivity index is 1.42. The Labute approximate surface area is 190 Å². The van der Waals surface area contributed by atoms with Gasteiger partial charge in [0.1, 0.15) is 23.2 Å². The average Bonchev–Trinajstić information content (AvgIpc) is 3.42. The summed E-state index contributed by atoms with van der Waals surface area (Å²) in [6, 6.07) is 14.1. The summed E-state index contributed by atoms with van der Waals surface area (Å²) in [7, 11) is 0. The number of para-hydroxylation sites is 1. The van der Waals surface area contributed by atoms with Crippen molar-refractivity contribution >= 4 is 22.8 Å². The van der Waals surface area contributed by atoms with Crippen LogP contribution in [0.15, 0.2) is 59.0 Å². The normalized spacial score (nSPS) is 15.9. The van der Waals surface area contributed by atoms with E-state index < -0.39 is 11.6 Å². The molecule has 7 heteroatoms. The van der Waals surface area contributed by atoms with E-state index in [-0.39, 0.29) is 12.1 Å². The van der Waals surface area contributed by atoms with Gasteiger partial charge in [0, 0.05) is 23.9 Å². The molecule has 4 aromatic rings. The van der Waals surface area contributed by atoms with E-state index in [4.69, 9.17) is 4.42 Å². The fourth-order valence-corrected chi connectivity index (χ4v) is 4.44. The number of hydrogen-bond donors (Lipinski definition) is 1. The second kappa shape index (κ2) is 8.31. The first-order valence-electron chi connectivity index (χ1n) is 10.9. The number of oxazole rings is 1. The lowest BCUT2D eigenvalue weighted by Gasteiger charge is -2.23. The van der Waals surface area contributed by atoms with Crippen LogP contribution in [-0.4, -0.2) is 22.5 Å². The molecular formula is C26H23F2N3O2. The summed E-state index contributed by atoms with van der Waals surface area (Å²) in [6.07, 6.45) is 1.59. The van der Waals surface area contributed by atoms with Gasteiger partial charge in [-0.05, 0) is 67.6 Å². The molecule has 5 rings (SSSR count). The van der Waals surface area contributed by atoms with E-state index in [0.717, 1.165) is 35.7 Å². The number of fused-ring (bicyclic) bond motifs is 1. The Kier molecular flexibility index (Phi) is 5.32. The van der Waals surface area contributed by atoms with Gasteiger partial charge in [0.25, 0.3) is 0 Å². The molecule has 0 unspecified atom stereocenters. The Morgan fingerprint density at radius 2 is 1.88 bits per heavy atom. The molecule has 0 aliphatic carbocycles. The number of hydrogen-bond acceptors (Lipinski definition) is 3. The maximum absolute atomic E-state index is 14.2. The van der Waals surface area contributed by atoms with Gasteiger partial charge in [0.15, 0.2) is 5.58 Å². The highest BCUT2D eigenvalue weighted by Crippen LogP contribution is 2.35. The third-order valence-electron chi connectivity index (χ3n) is 6.16. The third kappa shape index (κ3) is 3.95. The van der Waals surface area contributed by atoms with Gasteiger partial charge in [-0.25, -0.2) is 18.6 Å². The molecule has 1 aliphatic heterocycles. The second-order valence-electron chi connectivity index (χ2n) is 8.41. The first kappa shape index (κ1) is 21.1. The summed E-state index contributed by atoms with van der Waals surface area (Å²) in [5, 5.41) is 3.04. The Morgan fingerprint density at radius 3 is 2.64 bits per heavy atom. The predicted octanol–water partition coefficient (Wildman–Crippen LogP) is 6.76. The van der Waals surface area contributed by atoms with E-state index in [0.29, 0.717) is 34.7 Å². The van der Waals surface area contributed by atoms with Crippen molar-refractivity contribution < 1.29 is 18.0 Å². The molecule has 1 atom stereocenters. The molecule has 0 saturated carbocycles. The van der Waals surface area contributed by atoms with Crippen molar-refractivity contribution in [3.05, 3.63) is 83.2 Å². The largest absolute Gasteiger partial charge is 0.438 e. The summed E-state index contributed by atoms with van der Waals surface area (Å²) < 4.78 is 33.5. The van der Waals surface area contributed by atoms with Gasteiger partial charge >= 0.3 is 6.03 Å². The zero-order valence-electron chi connectivity index (χ0n) is 18.4. The van der Waals surface area contributed by atoms with Crippen LogP contribution < -0.4 is 5.32 Å². The van der Waals surface area contributed by atoms with Crippen LogP contribution in [0, 0.1) is 25.5 Å². The zero-order valence-corrected chi connectivity index (χ0v) is 18.4. The fraction of sp³-hybridized carbons (Fsp3) is 0.231. The minimum Gasteiger partial charge on any atom is -0.438 e. The number of aryl methyl sites for hydroxylation is 2. The number of anilines is 1. The molecular weight excluding hydrogens is 424 g/mol. The highest BCUT2D eigenvalue weighted by Gasteiger charge is 2.34. The maximum Gasteiger partial charge on any atom is 0.322 e. The summed E-state index contributed by atoms with van der Waals surface area (Å²) in [6.45, 7) is 4.53. The number of aromatic nitrogens is 1. The first-order chi connectivity index (χ1) is 15.9. The van der Waals surface area contributed by atoms with Crippen molar-refractivity contribution in [2.24, 2.45) is 0 Å². The van der Waals surface area contributed by atoms with Gasteiger partial charge < -0.3 is 14.6 Å². The van der Waals surface area contributed by atoms with Crippen molar-refractivity contribution in [2.75, 3.05) is 11.9 Å². The molecule has 1 aliphatic rings. The van der Waals surface area contributed by atoms with Gasteiger partial charge in [-0.3, -0.25) is 0 Å². The molecule has 2 amide bonds. The highest BCUT2D eigenvalue weighted by atomic mass is 19.1. The molecule has 1 aromatic heterocycles. The van der Waals surface area contributed by atoms with Gasteiger partial charge in [-0.15, -0.1) is 0 Å². The van der Waals surface area contributed by atoms with Crippen LogP contribution in [0.2, 0.25) is 0 Å². The number of amides is 2. The van der Waals surface area contributed by atoms with Crippen LogP contribution in [0.3, 0.4) is 0 Å². The van der Waals surface area contributed by atoms with Gasteiger partial charge in [0.05, 0.1) is 0 Å². The lowest BCUT2D eigenvalue weighted by molar-refractivity contribution is 0.199. The Morgan fingerprint density at radius 1 is 1.09 bits per heavy atom. The average molecular weight is 447 g/mol. The maximum atomic E-state index is 14.2. The summed E-state index contributed by atoms with van der Waals surface area (Å²) in [4.78, 5) is 19.5. The molecule has 168 valence electrons. The Hall–Kier alpha value is -3.74. The molecule has 1 N–H and O–H groups in total. The predicted molar refractivity (Wildman–Crippen MR) is 123 cm³/mol. The number of nitrogens with zero attached hydrogens (tertiary/aromatic N) is 2. The summed E-state index contributed by atoms with van der Waals surface area (Å²) >= 11 is 0. The lowest BCUT2D eigenvalue weighted by Crippen LogP contribution is -2.35. The number of urea groups is 1. The topological polar surface area (TPSA) is 58.4 Å². The molecule has 1 fully saturated rings. The molecule has 0 spiro atoms. The quantitative estimate of drug-likeness (QED) is 0.378. The van der Waals surface area contributed by atoms with E-state index >= 15 is 0 Å². The monoisotopic (exact) mass is 447 g/mol. The summed E-state index contributed by atoms with van der Waals surface area (Å²) in [5.74, 6) is -0.805. The molecule has 1 saturated heterocycles. The van der Waals surface area contributed by atoms with E-state index in [2.05, 4.69) is 10.3 Å². The minimum absolute atomic E-state index is 0.189. The van der Waals surface area contributed by atoms with Crippen LogP contribution in [-0.2, 0) is 0 Å². The molecule has 0 radical (unpaired) electrons. The molecule has 2 heterocycles. The number of carbonyl (C=O) groups excluding carboxylic acids is 1. The minimum atomic E-state index is -0.636. The van der Waals surface area contributed by atoms with Gasteiger partial charge in [-0.1, -0.05) is 24.3 Å². The number of likely N-dealkylation sites (tertiary alicyclic amines) is 1. The first-order valence-corrected chi connectivity index (χ1v) is 10.9. The molecule has 3 aromatic carbocycles. The standard InChI is InChI=1S/C26H23F2N3O2/c1-15-5-3-6-16(2)24(15)30-26(32)31-12-4-7-22(31)25-29-21-13-17(8-11-23(21)33-25)19-10-9-18(27)14-20(19)28/h3,5-6,8-11,13-14,22H,4,7,12H2,1-2H3,(H,30,32)/t22-/m1/s1. The zero-order chi connectivity index (χ0) is 23.1. The third-order valence-corrected chi connectivity index (χ3v) is 6.16. The molecule has 0 bridgehead atoms. The molecule has 5 nitrogen and oxygen atoms in total. The van der Waals surface area contributed by atoms with Crippen molar-refractivity contribution in [2.45, 2.75) is 32.7 Å². The van der Waals surface area contributed by atoms with Crippen molar-refractivity contribution in [1.82, 2.24) is 9.88 Å². The smallest absolute Gasteiger partial charge is 0.322 e. The van der Waals surface area contributed by atoms with Crippen LogP contribution in [0.1, 0.15) is 35.9 Å². The van der Waals surface area contributed by atoms with Crippen LogP contribution in [0.25, 0.3) is 22.2 Å². The summed E-state index contributed by atoms with van der Waals surface area (Å²) in [5.41, 5.74) is 4.81. The number of carbonyl (C=O) groups is 1. The van der Waals surface area contributed by atoms with Crippen molar-refractivity contribution in [3.8, 4) is 11.1 Å². The highest BCUT2D eigenvalue weighted by molar-refractivity contribution is 5.91. The number of halogens is 2. The van der Waals surface area contributed by atoms with Crippen LogP contribution in [0.5, 0.6) is 0 Å². The van der Waals surface area contributed by atoms with Crippen LogP contribution >= 0.6 is 0 Å². The lowest BCUT2D eigenvalue weighted by atomic mass is 10.0. The van der Waals surface area contributed by atoms with Crippen molar-refractivity contribution in [3.63, 3.8) is 0 Å². The van der Waals surface area contributed by atoms with Crippen molar-refractivity contribution in [1.29, 1.82) is 0 Å². The fourth-order valence-electron chi connectivity index (χ4n) is 4.44. The number of rotatable bonds is 3. The number of nitrogens with one attached hydrogen (secondary N) is 1. The van der Waals surface area contributed by atoms with Gasteiger partial charge in [0.2, 0.25) is 5.89 Å². The molecule has 33 heavy (non-hydrogen) atoms. The second-order valence-corrected chi connectivity index (χ2v) is 8.41. The Bertz CT molecular complexity index is 1340. The van der Waals surface area contributed by atoms with E-state index in [1.165, 1.54) is 12.1 Å². The van der Waals surface area contributed by atoms with E-state index in [9.17, 15) is 13.6 Å². The van der Waals surface area contributed by atoms with E-state index in [1.807, 2.05) is 32.0 Å². The van der Waals surface area contributed by atoms with Crippen LogP contribution in [0.4, 0.5) is 19.3 Å². The number of benzene rings is 3.